The van der Waals surface area contributed by atoms with Gasteiger partial charge in [0.25, 0.3) is 0 Å². The van der Waals surface area contributed by atoms with Gasteiger partial charge < -0.3 is 15.4 Å². The number of hydrogen-bond acceptors (Lipinski definition) is 4. The summed E-state index contributed by atoms with van der Waals surface area (Å²) in [7, 11) is 0. The molecule has 0 unspecified atom stereocenters. The van der Waals surface area contributed by atoms with Crippen LogP contribution in [0.15, 0.2) is 16.8 Å². The summed E-state index contributed by atoms with van der Waals surface area (Å²) in [4.78, 5) is 11.6. The van der Waals surface area contributed by atoms with E-state index in [1.165, 1.54) is 0 Å². The minimum absolute atomic E-state index is 0.0538. The largest absolute Gasteiger partial charge is 0.381 e. The number of hydrogen-bond donors (Lipinski definition) is 2. The molecular weight excluding hydrogens is 224 g/mol. The van der Waals surface area contributed by atoms with Gasteiger partial charge in [-0.3, -0.25) is 4.79 Å². The lowest BCUT2D eigenvalue weighted by Gasteiger charge is -2.23. The van der Waals surface area contributed by atoms with Gasteiger partial charge in [-0.05, 0) is 24.3 Å². The number of rotatable bonds is 4. The molecule has 0 radical (unpaired) electrons. The van der Waals surface area contributed by atoms with Gasteiger partial charge in [0.05, 0.1) is 6.54 Å². The number of anilines is 1. The van der Waals surface area contributed by atoms with E-state index in [-0.39, 0.29) is 11.9 Å². The zero-order valence-corrected chi connectivity index (χ0v) is 9.89. The Balaban J connectivity index is 1.67. The predicted octanol–water partition coefficient (Wildman–Crippen LogP) is 1.46. The molecule has 16 heavy (non-hydrogen) atoms. The molecule has 1 aromatic heterocycles. The number of amides is 1. The normalized spacial score (nSPS) is 17.0. The Morgan fingerprint density at radius 2 is 2.31 bits per heavy atom. The fourth-order valence-corrected chi connectivity index (χ4v) is 2.28. The molecule has 1 aliphatic rings. The minimum Gasteiger partial charge on any atom is -0.381 e. The molecule has 5 heteroatoms. The highest BCUT2D eigenvalue weighted by Crippen LogP contribution is 2.11. The van der Waals surface area contributed by atoms with Crippen molar-refractivity contribution in [2.45, 2.75) is 18.9 Å². The highest BCUT2D eigenvalue weighted by molar-refractivity contribution is 7.08. The van der Waals surface area contributed by atoms with Crippen LogP contribution in [0, 0.1) is 0 Å². The van der Waals surface area contributed by atoms with E-state index < -0.39 is 0 Å². The van der Waals surface area contributed by atoms with Gasteiger partial charge in [-0.2, -0.15) is 11.3 Å². The first-order chi connectivity index (χ1) is 7.84. The van der Waals surface area contributed by atoms with Gasteiger partial charge >= 0.3 is 0 Å². The molecule has 0 atom stereocenters. The highest BCUT2D eigenvalue weighted by Gasteiger charge is 2.15. The molecular formula is C11H16N2O2S. The van der Waals surface area contributed by atoms with Gasteiger partial charge in [-0.25, -0.2) is 0 Å². The Morgan fingerprint density at radius 1 is 1.50 bits per heavy atom. The van der Waals surface area contributed by atoms with Crippen molar-refractivity contribution in [1.29, 1.82) is 0 Å². The monoisotopic (exact) mass is 240 g/mol. The van der Waals surface area contributed by atoms with E-state index in [0.29, 0.717) is 6.54 Å². The second kappa shape index (κ2) is 5.86. The van der Waals surface area contributed by atoms with Crippen LogP contribution in [-0.4, -0.2) is 31.7 Å². The molecule has 4 nitrogen and oxygen atoms in total. The molecule has 88 valence electrons. The lowest BCUT2D eigenvalue weighted by molar-refractivity contribution is -0.120. The number of carbonyl (C=O) groups is 1. The number of carbonyl (C=O) groups excluding carboxylic acids is 1. The van der Waals surface area contributed by atoms with Crippen molar-refractivity contribution in [1.82, 2.24) is 5.32 Å². The predicted molar refractivity (Wildman–Crippen MR) is 64.8 cm³/mol. The quantitative estimate of drug-likeness (QED) is 0.837. The summed E-state index contributed by atoms with van der Waals surface area (Å²) >= 11 is 1.62. The standard InChI is InChI=1S/C11H16N2O2S/c14-11(7-12-10-3-6-16-8-10)13-9-1-4-15-5-2-9/h3,6,8-9,12H,1-2,4-5,7H2,(H,13,14). The van der Waals surface area contributed by atoms with Crippen molar-refractivity contribution >= 4 is 22.9 Å². The zero-order chi connectivity index (χ0) is 11.2. The Labute approximate surface area is 99.0 Å². The molecule has 2 N–H and O–H groups in total. The molecule has 0 spiro atoms. The minimum atomic E-state index is 0.0538. The van der Waals surface area contributed by atoms with Crippen LogP contribution in [0.2, 0.25) is 0 Å². The molecule has 1 saturated heterocycles. The number of nitrogens with one attached hydrogen (secondary N) is 2. The molecule has 0 saturated carbocycles. The maximum atomic E-state index is 11.6. The Bertz CT molecular complexity index is 321. The van der Waals surface area contributed by atoms with E-state index >= 15 is 0 Å². The average Bonchev–Trinajstić information content (AvgIpc) is 2.81. The third-order valence-corrected chi connectivity index (χ3v) is 3.24. The molecule has 1 fully saturated rings. The maximum absolute atomic E-state index is 11.6. The molecule has 1 amide bonds. The summed E-state index contributed by atoms with van der Waals surface area (Å²) in [6, 6.07) is 2.25. The summed E-state index contributed by atoms with van der Waals surface area (Å²) in [5.74, 6) is 0.0538. The summed E-state index contributed by atoms with van der Waals surface area (Å²) in [6.07, 6.45) is 1.84. The molecule has 1 aromatic rings. The number of thiophene rings is 1. The summed E-state index contributed by atoms with van der Waals surface area (Å²) in [6.45, 7) is 1.85. The molecule has 2 heterocycles. The van der Waals surface area contributed by atoms with Gasteiger partial charge in [0.2, 0.25) is 5.91 Å². The van der Waals surface area contributed by atoms with Crippen LogP contribution in [-0.2, 0) is 9.53 Å². The Morgan fingerprint density at radius 3 is 3.00 bits per heavy atom. The van der Waals surface area contributed by atoms with E-state index in [1.807, 2.05) is 16.8 Å². The first-order valence-electron chi connectivity index (χ1n) is 5.48. The van der Waals surface area contributed by atoms with E-state index in [2.05, 4.69) is 10.6 Å². The van der Waals surface area contributed by atoms with Crippen molar-refractivity contribution in [3.05, 3.63) is 16.8 Å². The molecule has 0 aromatic carbocycles. The SMILES string of the molecule is O=C(CNc1ccsc1)NC1CCOCC1. The lowest BCUT2D eigenvalue weighted by Crippen LogP contribution is -2.41. The molecule has 1 aliphatic heterocycles. The van der Waals surface area contributed by atoms with E-state index in [1.54, 1.807) is 11.3 Å². The maximum Gasteiger partial charge on any atom is 0.239 e. The van der Waals surface area contributed by atoms with E-state index in [9.17, 15) is 4.79 Å². The summed E-state index contributed by atoms with van der Waals surface area (Å²) < 4.78 is 5.23. The van der Waals surface area contributed by atoms with Crippen LogP contribution >= 0.6 is 11.3 Å². The Kier molecular flexibility index (Phi) is 4.18. The van der Waals surface area contributed by atoms with Gasteiger partial charge in [0.1, 0.15) is 0 Å². The first kappa shape index (κ1) is 11.4. The van der Waals surface area contributed by atoms with E-state index in [0.717, 1.165) is 31.7 Å². The Hall–Kier alpha value is -1.07. The average molecular weight is 240 g/mol. The van der Waals surface area contributed by atoms with Crippen LogP contribution in [0.3, 0.4) is 0 Å². The van der Waals surface area contributed by atoms with Crippen LogP contribution < -0.4 is 10.6 Å². The smallest absolute Gasteiger partial charge is 0.239 e. The third kappa shape index (κ3) is 3.50. The van der Waals surface area contributed by atoms with Gasteiger partial charge in [0.15, 0.2) is 0 Å². The first-order valence-corrected chi connectivity index (χ1v) is 6.42. The lowest BCUT2D eigenvalue weighted by atomic mass is 10.1. The molecule has 0 bridgehead atoms. The number of ether oxygens (including phenoxy) is 1. The molecule has 0 aliphatic carbocycles. The topological polar surface area (TPSA) is 50.4 Å². The van der Waals surface area contributed by atoms with Crippen molar-refractivity contribution in [2.75, 3.05) is 25.1 Å². The summed E-state index contributed by atoms with van der Waals surface area (Å²) in [5.41, 5.74) is 1.01. The van der Waals surface area contributed by atoms with Crippen molar-refractivity contribution in [2.24, 2.45) is 0 Å². The van der Waals surface area contributed by atoms with Crippen molar-refractivity contribution in [3.63, 3.8) is 0 Å². The molecule has 2 rings (SSSR count). The van der Waals surface area contributed by atoms with Crippen LogP contribution in [0.1, 0.15) is 12.8 Å². The van der Waals surface area contributed by atoms with Gasteiger partial charge in [-0.1, -0.05) is 0 Å². The van der Waals surface area contributed by atoms with Crippen LogP contribution in [0.25, 0.3) is 0 Å². The zero-order valence-electron chi connectivity index (χ0n) is 9.07. The second-order valence-corrected chi connectivity index (χ2v) is 4.60. The van der Waals surface area contributed by atoms with E-state index in [4.69, 9.17) is 4.74 Å². The fraction of sp³-hybridized carbons (Fsp3) is 0.545. The van der Waals surface area contributed by atoms with Crippen molar-refractivity contribution in [3.8, 4) is 0 Å². The van der Waals surface area contributed by atoms with Gasteiger partial charge in [0, 0.05) is 30.3 Å². The highest BCUT2D eigenvalue weighted by atomic mass is 32.1. The summed E-state index contributed by atoms with van der Waals surface area (Å²) in [5, 5.41) is 10.1. The van der Waals surface area contributed by atoms with Crippen LogP contribution in [0.5, 0.6) is 0 Å². The fourth-order valence-electron chi connectivity index (χ4n) is 1.67. The van der Waals surface area contributed by atoms with Crippen LogP contribution in [0.4, 0.5) is 5.69 Å². The third-order valence-electron chi connectivity index (χ3n) is 2.56. The second-order valence-electron chi connectivity index (χ2n) is 3.82. The van der Waals surface area contributed by atoms with Gasteiger partial charge in [-0.15, -0.1) is 0 Å². The van der Waals surface area contributed by atoms with Crippen molar-refractivity contribution < 1.29 is 9.53 Å².